The van der Waals surface area contributed by atoms with Crippen molar-refractivity contribution in [2.75, 3.05) is 26.4 Å². The molecule has 0 aromatic heterocycles. The van der Waals surface area contributed by atoms with Crippen molar-refractivity contribution in [2.45, 2.75) is 103 Å². The lowest BCUT2D eigenvalue weighted by Crippen LogP contribution is -2.68. The molecule has 346 valence electrons. The lowest BCUT2D eigenvalue weighted by Gasteiger charge is -2.62. The minimum atomic E-state index is -2.25. The number of Topliss-reactive ketones (excluding diaryl/α,β-unsaturated/α-hetero) is 1. The zero-order valence-electron chi connectivity index (χ0n) is 34.9. The molecule has 3 saturated carbocycles. The number of halogens is 2. The van der Waals surface area contributed by atoms with Crippen LogP contribution in [0.25, 0.3) is 0 Å². The zero-order valence-corrected chi connectivity index (χ0v) is 34.9. The summed E-state index contributed by atoms with van der Waals surface area (Å²) in [5, 5.41) is 39.8. The summed E-state index contributed by atoms with van der Waals surface area (Å²) in [6.07, 6.45) is 0.608. The third kappa shape index (κ3) is 12.1. The van der Waals surface area contributed by atoms with Gasteiger partial charge in [0.05, 0.1) is 25.9 Å². The Kier molecular flexibility index (Phi) is 16.8. The molecule has 0 radical (unpaired) electrons. The molecule has 0 heterocycles. The molecule has 4 aliphatic rings. The maximum Gasteiger partial charge on any atom is 0.514 e. The summed E-state index contributed by atoms with van der Waals surface area (Å²) in [7, 11) is 0. The van der Waals surface area contributed by atoms with Gasteiger partial charge in [0.15, 0.2) is 23.8 Å². The van der Waals surface area contributed by atoms with E-state index in [1.165, 1.54) is 38.1 Å². The fraction of sp³-hybridized carbons (Fsp3) is 0.610. The number of carboxylic acid groups (broad SMARTS) is 1. The number of benzene rings is 1. The molecule has 1 aromatic rings. The normalized spacial score (nSPS) is 28.2. The molecular formula is C41H51F2N3O17. The Morgan fingerprint density at radius 3 is 2.21 bits per heavy atom. The van der Waals surface area contributed by atoms with Crippen molar-refractivity contribution < 1.29 is 81.8 Å². The number of carbonyl (C=O) groups excluding carboxylic acids is 5. The van der Waals surface area contributed by atoms with Gasteiger partial charge in [-0.05, 0) is 98.6 Å². The summed E-state index contributed by atoms with van der Waals surface area (Å²) in [5.74, 6) is -4.97. The molecule has 1 aromatic carbocycles. The van der Waals surface area contributed by atoms with Crippen molar-refractivity contribution in [2.24, 2.45) is 28.6 Å². The number of amides is 1. The van der Waals surface area contributed by atoms with Gasteiger partial charge in [-0.3, -0.25) is 19.2 Å². The first kappa shape index (κ1) is 49.6. The highest BCUT2D eigenvalue weighted by Gasteiger charge is 2.72. The number of carbonyl (C=O) groups is 6. The number of hydrogen-bond acceptors (Lipinski definition) is 16. The first-order chi connectivity index (χ1) is 29.6. The van der Waals surface area contributed by atoms with Gasteiger partial charge in [0.1, 0.15) is 18.0 Å². The van der Waals surface area contributed by atoms with E-state index in [-0.39, 0.29) is 69.7 Å². The minimum absolute atomic E-state index is 0.0294. The third-order valence-corrected chi connectivity index (χ3v) is 12.3. The molecule has 5 rings (SSSR count). The number of unbranched alkanes of at least 4 members (excludes halogenated alkanes) is 1. The number of rotatable bonds is 19. The number of aliphatic carboxylic acids is 1. The second-order valence-electron chi connectivity index (χ2n) is 16.3. The first-order valence-electron chi connectivity index (χ1n) is 20.2. The van der Waals surface area contributed by atoms with Crippen LogP contribution >= 0.6 is 0 Å². The van der Waals surface area contributed by atoms with E-state index in [1.54, 1.807) is 19.1 Å². The highest BCUT2D eigenvalue weighted by atomic mass is 19.1. The number of nitrogens with one attached hydrogen (secondary N) is 1. The molecule has 3 N–H and O–H groups in total. The van der Waals surface area contributed by atoms with Crippen molar-refractivity contribution in [1.82, 2.24) is 5.32 Å². The third-order valence-electron chi connectivity index (χ3n) is 12.3. The molecule has 9 atom stereocenters. The van der Waals surface area contributed by atoms with Gasteiger partial charge in [-0.2, -0.15) is 0 Å². The van der Waals surface area contributed by atoms with Gasteiger partial charge in [-0.25, -0.2) is 18.4 Å². The number of aliphatic hydroxyl groups is 1. The quantitative estimate of drug-likeness (QED) is 0.0572. The summed E-state index contributed by atoms with van der Waals surface area (Å²) < 4.78 is 48.4. The predicted octanol–water partition coefficient (Wildman–Crippen LogP) is 4.34. The van der Waals surface area contributed by atoms with E-state index in [2.05, 4.69) is 15.0 Å². The molecular weight excluding hydrogens is 844 g/mol. The van der Waals surface area contributed by atoms with E-state index in [4.69, 9.17) is 19.3 Å². The highest BCUT2D eigenvalue weighted by Crippen LogP contribution is 2.69. The molecule has 1 amide bonds. The molecule has 0 saturated heterocycles. The van der Waals surface area contributed by atoms with Crippen LogP contribution in [0.1, 0.15) is 77.7 Å². The lowest BCUT2D eigenvalue weighted by atomic mass is 9.45. The van der Waals surface area contributed by atoms with Crippen LogP contribution < -0.4 is 10.1 Å². The smallest absolute Gasteiger partial charge is 0.481 e. The standard InChI is InChI=1S/C37H44F2N2O12.C4H7NO5/c1-21(42)40-30(33(46)50-14-4-5-15-52-41(48)49)16-22-6-8-24(9-7-22)53-34(47)51-20-31(44)26-11-10-25-27-18-29(38)28-17-23(43)12-13-36(28,3)37(27,39)32(45)19-35(25,26)2;6-4(7)2-1-3-10-5(8)9/h6-9,12-13,17,25-27,29-30,32,45H,4-5,10-11,14-16,18-20H2,1-3H3,(H,40,42);1-3H2,(H,6,7)/t25?,26?,27?,29-,30?,32?,35?,36?,37-;/m0./s1. The van der Waals surface area contributed by atoms with E-state index in [0.29, 0.717) is 24.8 Å². The van der Waals surface area contributed by atoms with Crippen LogP contribution in [0.5, 0.6) is 5.75 Å². The van der Waals surface area contributed by atoms with E-state index in [0.717, 1.165) is 6.08 Å². The highest BCUT2D eigenvalue weighted by molar-refractivity contribution is 6.01. The molecule has 3 fully saturated rings. The number of alkyl halides is 2. The Balaban J connectivity index is 0.000000775. The van der Waals surface area contributed by atoms with Gasteiger partial charge in [-0.1, -0.05) is 25.1 Å². The number of hydrogen-bond donors (Lipinski definition) is 3. The summed E-state index contributed by atoms with van der Waals surface area (Å²) in [5.41, 5.74) is -4.04. The van der Waals surface area contributed by atoms with E-state index < -0.39 is 105 Å². The molecule has 22 heteroatoms. The van der Waals surface area contributed by atoms with Gasteiger partial charge in [-0.15, -0.1) is 20.2 Å². The number of ketones is 2. The average Bonchev–Trinajstić information content (AvgIpc) is 3.55. The van der Waals surface area contributed by atoms with Crippen LogP contribution in [-0.4, -0.2) is 106 Å². The lowest BCUT2D eigenvalue weighted by molar-refractivity contribution is -0.757. The number of fused-ring (bicyclic) bond motifs is 5. The van der Waals surface area contributed by atoms with Gasteiger partial charge in [0, 0.05) is 37.0 Å². The van der Waals surface area contributed by atoms with Crippen molar-refractivity contribution in [1.29, 1.82) is 0 Å². The summed E-state index contributed by atoms with van der Waals surface area (Å²) in [4.78, 5) is 99.9. The molecule has 20 nitrogen and oxygen atoms in total. The summed E-state index contributed by atoms with van der Waals surface area (Å²) >= 11 is 0. The van der Waals surface area contributed by atoms with Crippen LogP contribution in [0.2, 0.25) is 0 Å². The summed E-state index contributed by atoms with van der Waals surface area (Å²) in [6.45, 7) is 3.60. The van der Waals surface area contributed by atoms with Crippen molar-refractivity contribution in [3.05, 3.63) is 73.9 Å². The van der Waals surface area contributed by atoms with Crippen LogP contribution in [0.15, 0.2) is 48.1 Å². The molecule has 7 unspecified atom stereocenters. The molecule has 63 heavy (non-hydrogen) atoms. The number of allylic oxidation sites excluding steroid dienone is 4. The van der Waals surface area contributed by atoms with Gasteiger partial charge in [0.2, 0.25) is 5.91 Å². The van der Waals surface area contributed by atoms with Crippen molar-refractivity contribution in [3.63, 3.8) is 0 Å². The van der Waals surface area contributed by atoms with Crippen molar-refractivity contribution >= 4 is 35.6 Å². The molecule has 0 bridgehead atoms. The maximum absolute atomic E-state index is 17.3. The Morgan fingerprint density at radius 2 is 1.59 bits per heavy atom. The summed E-state index contributed by atoms with van der Waals surface area (Å²) in [6, 6.07) is 4.94. The molecule has 0 spiro atoms. The second kappa shape index (κ2) is 21.3. The van der Waals surface area contributed by atoms with Gasteiger partial charge < -0.3 is 39.4 Å². The van der Waals surface area contributed by atoms with Gasteiger partial charge >= 0.3 is 18.1 Å². The van der Waals surface area contributed by atoms with Crippen LogP contribution in [-0.2, 0) is 49.5 Å². The van der Waals surface area contributed by atoms with Crippen LogP contribution in [0, 0.1) is 48.8 Å². The van der Waals surface area contributed by atoms with Crippen LogP contribution in [0.3, 0.4) is 0 Å². The number of ether oxygens (including phenoxy) is 3. The Morgan fingerprint density at radius 1 is 0.952 bits per heavy atom. The average molecular weight is 896 g/mol. The number of aliphatic hydroxyl groups excluding tert-OH is 1. The van der Waals surface area contributed by atoms with Crippen molar-refractivity contribution in [3.8, 4) is 5.75 Å². The Labute approximate surface area is 359 Å². The fourth-order valence-corrected chi connectivity index (χ4v) is 9.43. The number of nitrogens with zero attached hydrogens (tertiary/aromatic N) is 2. The van der Waals surface area contributed by atoms with Crippen LogP contribution in [0.4, 0.5) is 13.6 Å². The topological polar surface area (TPSA) is 287 Å². The second-order valence-corrected chi connectivity index (χ2v) is 16.3. The first-order valence-corrected chi connectivity index (χ1v) is 20.2. The minimum Gasteiger partial charge on any atom is -0.481 e. The maximum atomic E-state index is 17.3. The largest absolute Gasteiger partial charge is 0.514 e. The SMILES string of the molecule is CC(=O)NC(Cc1ccc(OC(=O)OCC(=O)C2CCC3C4C[C@H](F)C5=CC(=O)C=CC5(C)[C@@]4(F)C(O)CC23C)cc1)C(=O)OCCCCO[N+](=O)[O-].O=C(O)CCCO[N+](=O)[O-]. The Hall–Kier alpha value is -6.06. The zero-order chi connectivity index (χ0) is 46.7. The number of carboxylic acids is 1. The monoisotopic (exact) mass is 895 g/mol. The van der Waals surface area contributed by atoms with E-state index in [1.807, 2.05) is 0 Å². The van der Waals surface area contributed by atoms with Gasteiger partial charge in [0.25, 0.3) is 10.2 Å². The number of esters is 1. The molecule has 0 aliphatic heterocycles. The molecule has 4 aliphatic carbocycles. The fourth-order valence-electron chi connectivity index (χ4n) is 9.43. The predicted molar refractivity (Wildman–Crippen MR) is 210 cm³/mol. The van der Waals surface area contributed by atoms with E-state index in [9.17, 15) is 54.1 Å². The van der Waals surface area contributed by atoms with E-state index >= 15 is 8.78 Å². The Bertz CT molecular complexity index is 1950.